The fourth-order valence-corrected chi connectivity index (χ4v) is 2.60. The van der Waals surface area contributed by atoms with Gasteiger partial charge in [0.15, 0.2) is 0 Å². The average molecular weight is 328 g/mol. The molecule has 0 saturated carbocycles. The van der Waals surface area contributed by atoms with Crippen LogP contribution in [0.2, 0.25) is 0 Å². The van der Waals surface area contributed by atoms with Crippen LogP contribution in [0.15, 0.2) is 72.9 Å². The van der Waals surface area contributed by atoms with E-state index in [0.717, 1.165) is 22.3 Å². The third-order valence-corrected chi connectivity index (χ3v) is 3.71. The van der Waals surface area contributed by atoms with E-state index in [1.54, 1.807) is 12.3 Å². The Morgan fingerprint density at radius 3 is 2.32 bits per heavy atom. The highest BCUT2D eigenvalue weighted by molar-refractivity contribution is 5.93. The van der Waals surface area contributed by atoms with Crippen molar-refractivity contribution in [1.82, 2.24) is 15.0 Å². The number of hydrogen-bond acceptors (Lipinski definition) is 6. The van der Waals surface area contributed by atoms with Crippen molar-refractivity contribution in [2.75, 3.05) is 16.4 Å². The van der Waals surface area contributed by atoms with E-state index in [2.05, 4.69) is 25.6 Å². The Morgan fingerprint density at radius 1 is 0.760 bits per heavy atom. The van der Waals surface area contributed by atoms with Gasteiger partial charge in [0.05, 0.1) is 0 Å². The third-order valence-electron chi connectivity index (χ3n) is 3.71. The summed E-state index contributed by atoms with van der Waals surface area (Å²) in [5.74, 6) is 2.10. The molecule has 0 aliphatic rings. The average Bonchev–Trinajstić information content (AvgIpc) is 2.62. The lowest BCUT2D eigenvalue weighted by atomic mass is 10.1. The molecule has 0 fully saturated rings. The van der Waals surface area contributed by atoms with E-state index in [0.29, 0.717) is 11.6 Å². The second-order valence-electron chi connectivity index (χ2n) is 5.49. The van der Waals surface area contributed by atoms with Gasteiger partial charge < -0.3 is 16.4 Å². The largest absolute Gasteiger partial charge is 0.368 e. The molecule has 2 aromatic carbocycles. The highest BCUT2D eigenvalue weighted by Crippen LogP contribution is 2.25. The van der Waals surface area contributed by atoms with E-state index < -0.39 is 0 Å². The van der Waals surface area contributed by atoms with Crippen molar-refractivity contribution in [3.05, 3.63) is 72.9 Å². The van der Waals surface area contributed by atoms with E-state index in [9.17, 15) is 0 Å². The molecular weight excluding hydrogens is 312 g/mol. The lowest BCUT2D eigenvalue weighted by molar-refractivity contribution is 1.18. The molecule has 4 N–H and O–H groups in total. The summed E-state index contributed by atoms with van der Waals surface area (Å²) >= 11 is 0. The summed E-state index contributed by atoms with van der Waals surface area (Å²) in [6, 6.07) is 21.6. The predicted octanol–water partition coefficient (Wildman–Crippen LogP) is 4.09. The van der Waals surface area contributed by atoms with Gasteiger partial charge in [0.2, 0.25) is 5.95 Å². The minimum Gasteiger partial charge on any atom is -0.368 e. The van der Waals surface area contributed by atoms with Crippen molar-refractivity contribution >= 4 is 39.9 Å². The maximum atomic E-state index is 5.86. The van der Waals surface area contributed by atoms with Crippen molar-refractivity contribution in [3.63, 3.8) is 0 Å². The first kappa shape index (κ1) is 14.9. The van der Waals surface area contributed by atoms with Gasteiger partial charge in [-0.1, -0.05) is 42.5 Å². The zero-order chi connectivity index (χ0) is 17.1. The molecule has 0 radical (unpaired) electrons. The molecule has 6 nitrogen and oxygen atoms in total. The Bertz CT molecular complexity index is 1010. The van der Waals surface area contributed by atoms with Crippen LogP contribution in [0.3, 0.4) is 0 Å². The zero-order valence-electron chi connectivity index (χ0n) is 13.3. The first-order valence-corrected chi connectivity index (χ1v) is 7.85. The summed E-state index contributed by atoms with van der Waals surface area (Å²) in [6.45, 7) is 0. The number of anilines is 5. The number of nitrogens with one attached hydrogen (secondary N) is 2. The minimum absolute atomic E-state index is 0.184. The van der Waals surface area contributed by atoms with Gasteiger partial charge in [-0.05, 0) is 23.6 Å². The van der Waals surface area contributed by atoms with Crippen LogP contribution in [0.4, 0.5) is 29.1 Å². The quantitative estimate of drug-likeness (QED) is 0.523. The smallest absolute Gasteiger partial charge is 0.223 e. The van der Waals surface area contributed by atoms with Crippen molar-refractivity contribution < 1.29 is 0 Å². The van der Waals surface area contributed by atoms with Crippen LogP contribution in [-0.2, 0) is 0 Å². The molecule has 6 heteroatoms. The summed E-state index contributed by atoms with van der Waals surface area (Å²) < 4.78 is 0. The summed E-state index contributed by atoms with van der Waals surface area (Å²) in [7, 11) is 0. The molecule has 0 spiro atoms. The van der Waals surface area contributed by atoms with Crippen molar-refractivity contribution in [1.29, 1.82) is 0 Å². The summed E-state index contributed by atoms with van der Waals surface area (Å²) in [4.78, 5) is 12.9. The molecule has 122 valence electrons. The van der Waals surface area contributed by atoms with Crippen LogP contribution in [0.25, 0.3) is 10.8 Å². The van der Waals surface area contributed by atoms with E-state index in [1.165, 1.54) is 0 Å². The molecule has 0 atom stereocenters. The SMILES string of the molecule is Nc1nc(Nc2ccccc2)cc(Nc2nccc3ccccc23)n1. The molecule has 2 heterocycles. The van der Waals surface area contributed by atoms with Crippen LogP contribution in [-0.4, -0.2) is 15.0 Å². The minimum atomic E-state index is 0.184. The van der Waals surface area contributed by atoms with Crippen LogP contribution in [0.1, 0.15) is 0 Å². The van der Waals surface area contributed by atoms with Gasteiger partial charge >= 0.3 is 0 Å². The number of fused-ring (bicyclic) bond motifs is 1. The van der Waals surface area contributed by atoms with Gasteiger partial charge in [0.1, 0.15) is 17.5 Å². The number of hydrogen-bond donors (Lipinski definition) is 3. The van der Waals surface area contributed by atoms with Gasteiger partial charge in [-0.3, -0.25) is 0 Å². The molecule has 25 heavy (non-hydrogen) atoms. The number of pyridine rings is 1. The highest BCUT2D eigenvalue weighted by atomic mass is 15.1. The fourth-order valence-electron chi connectivity index (χ4n) is 2.60. The Balaban J connectivity index is 1.66. The molecule has 4 rings (SSSR count). The maximum absolute atomic E-state index is 5.86. The molecular formula is C19H16N6. The normalized spacial score (nSPS) is 10.6. The first-order chi connectivity index (χ1) is 12.3. The number of rotatable bonds is 4. The van der Waals surface area contributed by atoms with E-state index in [-0.39, 0.29) is 5.95 Å². The Hall–Kier alpha value is -3.67. The number of aromatic nitrogens is 3. The topological polar surface area (TPSA) is 88.8 Å². The van der Waals surface area contributed by atoms with Gasteiger partial charge in [-0.15, -0.1) is 0 Å². The molecule has 0 aliphatic heterocycles. The second-order valence-corrected chi connectivity index (χ2v) is 5.49. The Morgan fingerprint density at radius 2 is 1.48 bits per heavy atom. The van der Waals surface area contributed by atoms with Crippen molar-refractivity contribution in [3.8, 4) is 0 Å². The van der Waals surface area contributed by atoms with Crippen LogP contribution >= 0.6 is 0 Å². The number of para-hydroxylation sites is 1. The maximum Gasteiger partial charge on any atom is 0.223 e. The van der Waals surface area contributed by atoms with Crippen molar-refractivity contribution in [2.45, 2.75) is 0 Å². The molecule has 2 aromatic heterocycles. The predicted molar refractivity (Wildman–Crippen MR) is 101 cm³/mol. The monoisotopic (exact) mass is 328 g/mol. The van der Waals surface area contributed by atoms with Gasteiger partial charge in [-0.2, -0.15) is 9.97 Å². The van der Waals surface area contributed by atoms with Crippen LogP contribution < -0.4 is 16.4 Å². The highest BCUT2D eigenvalue weighted by Gasteiger charge is 2.07. The molecule has 0 aliphatic carbocycles. The van der Waals surface area contributed by atoms with Gasteiger partial charge in [0, 0.05) is 23.3 Å². The van der Waals surface area contributed by atoms with Crippen LogP contribution in [0, 0.1) is 0 Å². The lowest BCUT2D eigenvalue weighted by Gasteiger charge is -2.11. The first-order valence-electron chi connectivity index (χ1n) is 7.85. The molecule has 0 bridgehead atoms. The van der Waals surface area contributed by atoms with E-state index in [4.69, 9.17) is 5.73 Å². The van der Waals surface area contributed by atoms with Gasteiger partial charge in [-0.25, -0.2) is 4.98 Å². The van der Waals surface area contributed by atoms with E-state index in [1.807, 2.05) is 60.7 Å². The van der Waals surface area contributed by atoms with E-state index >= 15 is 0 Å². The Labute approximate surface area is 144 Å². The number of nitrogens with zero attached hydrogens (tertiary/aromatic N) is 3. The lowest BCUT2D eigenvalue weighted by Crippen LogP contribution is -2.04. The molecule has 0 saturated heterocycles. The van der Waals surface area contributed by atoms with Gasteiger partial charge in [0.25, 0.3) is 0 Å². The molecule has 4 aromatic rings. The second kappa shape index (κ2) is 6.45. The summed E-state index contributed by atoms with van der Waals surface area (Å²) in [5, 5.41) is 8.56. The standard InChI is InChI=1S/C19H16N6/c20-19-24-16(22-14-7-2-1-3-8-14)12-17(25-19)23-18-15-9-5-4-6-13(15)10-11-21-18/h1-12H,(H4,20,21,22,23,24,25). The molecule has 0 amide bonds. The Kier molecular flexibility index (Phi) is 3.84. The van der Waals surface area contributed by atoms with Crippen LogP contribution in [0.5, 0.6) is 0 Å². The number of nitrogen functional groups attached to an aromatic ring is 1. The number of benzene rings is 2. The fraction of sp³-hybridized carbons (Fsp3) is 0. The molecule has 0 unspecified atom stereocenters. The summed E-state index contributed by atoms with van der Waals surface area (Å²) in [5.41, 5.74) is 6.78. The number of nitrogens with two attached hydrogens (primary N) is 1. The summed E-state index contributed by atoms with van der Waals surface area (Å²) in [6.07, 6.45) is 1.76. The van der Waals surface area contributed by atoms with Crippen molar-refractivity contribution in [2.24, 2.45) is 0 Å². The zero-order valence-corrected chi connectivity index (χ0v) is 13.3. The third kappa shape index (κ3) is 3.32.